The van der Waals surface area contributed by atoms with Crippen molar-refractivity contribution in [2.24, 2.45) is 5.92 Å². The van der Waals surface area contributed by atoms with Crippen LogP contribution in [0.2, 0.25) is 0 Å². The molecule has 1 aromatic carbocycles. The average molecular weight is 358 g/mol. The summed E-state index contributed by atoms with van der Waals surface area (Å²) in [5.74, 6) is -2.55. The van der Waals surface area contributed by atoms with Gasteiger partial charge in [0.1, 0.15) is 6.23 Å². The molecule has 0 saturated carbocycles. The minimum absolute atomic E-state index is 0.00780. The average Bonchev–Trinajstić information content (AvgIpc) is 2.83. The number of carbonyl (C=O) groups is 1. The van der Waals surface area contributed by atoms with Gasteiger partial charge in [-0.15, -0.1) is 0 Å². The number of aliphatic hydroxyl groups is 1. The Kier molecular flexibility index (Phi) is 4.68. The maximum absolute atomic E-state index is 13.9. The van der Waals surface area contributed by atoms with Crippen LogP contribution in [0.25, 0.3) is 0 Å². The number of halogens is 3. The van der Waals surface area contributed by atoms with Crippen molar-refractivity contribution < 1.29 is 28.2 Å². The van der Waals surface area contributed by atoms with Gasteiger partial charge in [0.25, 0.3) is 0 Å². The Labute approximate surface area is 143 Å². The normalized spacial score (nSPS) is 27.4. The van der Waals surface area contributed by atoms with E-state index in [4.69, 9.17) is 5.11 Å². The van der Waals surface area contributed by atoms with Crippen LogP contribution in [0.15, 0.2) is 30.3 Å². The summed E-state index contributed by atoms with van der Waals surface area (Å²) >= 11 is 0. The van der Waals surface area contributed by atoms with Crippen molar-refractivity contribution in [3.05, 3.63) is 35.9 Å². The van der Waals surface area contributed by atoms with Gasteiger partial charge in [-0.05, 0) is 30.7 Å². The molecular formula is C17H21F3N2O3. The van der Waals surface area contributed by atoms with Crippen LogP contribution in [-0.4, -0.2) is 52.2 Å². The van der Waals surface area contributed by atoms with Crippen molar-refractivity contribution in [3.8, 4) is 0 Å². The number of likely N-dealkylation sites (tertiary alicyclic amines) is 1. The summed E-state index contributed by atoms with van der Waals surface area (Å²) in [7, 11) is 0. The van der Waals surface area contributed by atoms with Gasteiger partial charge in [0.05, 0.1) is 5.92 Å². The lowest BCUT2D eigenvalue weighted by atomic mass is 9.69. The topological polar surface area (TPSA) is 72.8 Å². The maximum atomic E-state index is 13.9. The van der Waals surface area contributed by atoms with Crippen molar-refractivity contribution in [1.29, 1.82) is 0 Å². The van der Waals surface area contributed by atoms with Gasteiger partial charge in [0.15, 0.2) is 0 Å². The molecule has 1 aromatic rings. The Hall–Kier alpha value is -1.80. The third-order valence-corrected chi connectivity index (χ3v) is 5.48. The second kappa shape index (κ2) is 6.49. The standard InChI is InChI=1S/C17H21F3N2O3/c18-17(19,20)14(11-4-2-1-3-5-11)12-10-13(23)21-16(12)6-8-22(9-7-16)15(24)25/h1-5,12-14,21,23H,6-10H2,(H,24,25). The molecule has 1 amide bonds. The van der Waals surface area contributed by atoms with E-state index in [2.05, 4.69) is 5.32 Å². The third-order valence-electron chi connectivity index (χ3n) is 5.48. The van der Waals surface area contributed by atoms with Crippen molar-refractivity contribution >= 4 is 6.09 Å². The van der Waals surface area contributed by atoms with Gasteiger partial charge in [-0.1, -0.05) is 30.3 Å². The van der Waals surface area contributed by atoms with Gasteiger partial charge in [0.2, 0.25) is 0 Å². The fourth-order valence-electron chi connectivity index (χ4n) is 4.34. The van der Waals surface area contributed by atoms with Crippen LogP contribution in [0.1, 0.15) is 30.7 Å². The van der Waals surface area contributed by atoms with E-state index in [1.165, 1.54) is 17.0 Å². The molecule has 5 nitrogen and oxygen atoms in total. The largest absolute Gasteiger partial charge is 0.465 e. The summed E-state index contributed by atoms with van der Waals surface area (Å²) in [6, 6.07) is 7.74. The molecule has 3 unspecified atom stereocenters. The number of nitrogens with one attached hydrogen (secondary N) is 1. The molecule has 25 heavy (non-hydrogen) atoms. The van der Waals surface area contributed by atoms with Crippen molar-refractivity contribution in [2.45, 2.75) is 43.1 Å². The monoisotopic (exact) mass is 358 g/mol. The molecule has 2 fully saturated rings. The number of carboxylic acid groups (broad SMARTS) is 1. The zero-order valence-corrected chi connectivity index (χ0v) is 13.5. The Bertz CT molecular complexity index is 615. The summed E-state index contributed by atoms with van der Waals surface area (Å²) in [6.45, 7) is 0.315. The third kappa shape index (κ3) is 3.46. The predicted molar refractivity (Wildman–Crippen MR) is 84.1 cm³/mol. The summed E-state index contributed by atoms with van der Waals surface area (Å²) in [5, 5.41) is 22.1. The van der Waals surface area contributed by atoms with E-state index in [-0.39, 0.29) is 37.9 Å². The van der Waals surface area contributed by atoms with Gasteiger partial charge in [-0.3, -0.25) is 5.32 Å². The Morgan fingerprint density at radius 3 is 2.36 bits per heavy atom. The molecule has 2 heterocycles. The minimum atomic E-state index is -4.45. The number of nitrogens with zero attached hydrogens (tertiary/aromatic N) is 1. The second-order valence-electron chi connectivity index (χ2n) is 6.86. The molecule has 3 N–H and O–H groups in total. The summed E-state index contributed by atoms with van der Waals surface area (Å²) in [4.78, 5) is 12.3. The van der Waals surface area contributed by atoms with E-state index < -0.39 is 35.9 Å². The molecule has 0 aromatic heterocycles. The van der Waals surface area contributed by atoms with E-state index in [0.717, 1.165) is 0 Å². The van der Waals surface area contributed by atoms with E-state index in [1.807, 2.05) is 0 Å². The van der Waals surface area contributed by atoms with Crippen LogP contribution in [0.5, 0.6) is 0 Å². The van der Waals surface area contributed by atoms with E-state index in [0.29, 0.717) is 0 Å². The molecule has 0 bridgehead atoms. The zero-order valence-electron chi connectivity index (χ0n) is 13.5. The number of hydrogen-bond acceptors (Lipinski definition) is 3. The van der Waals surface area contributed by atoms with E-state index in [1.54, 1.807) is 18.2 Å². The van der Waals surface area contributed by atoms with Crippen LogP contribution in [0.4, 0.5) is 18.0 Å². The highest BCUT2D eigenvalue weighted by atomic mass is 19.4. The fourth-order valence-corrected chi connectivity index (χ4v) is 4.34. The summed E-state index contributed by atoms with van der Waals surface area (Å²) < 4.78 is 41.7. The smallest absolute Gasteiger partial charge is 0.407 e. The van der Waals surface area contributed by atoms with Crippen molar-refractivity contribution in [1.82, 2.24) is 10.2 Å². The van der Waals surface area contributed by atoms with Gasteiger partial charge in [0, 0.05) is 18.6 Å². The number of amides is 1. The van der Waals surface area contributed by atoms with Crippen LogP contribution < -0.4 is 5.32 Å². The van der Waals surface area contributed by atoms with Crippen LogP contribution in [0, 0.1) is 5.92 Å². The lowest BCUT2D eigenvalue weighted by Gasteiger charge is -2.45. The molecule has 0 radical (unpaired) electrons. The Balaban J connectivity index is 1.93. The molecule has 138 valence electrons. The lowest BCUT2D eigenvalue weighted by molar-refractivity contribution is -0.168. The predicted octanol–water partition coefficient (Wildman–Crippen LogP) is 2.77. The molecular weight excluding hydrogens is 337 g/mol. The Morgan fingerprint density at radius 2 is 1.84 bits per heavy atom. The quantitative estimate of drug-likeness (QED) is 0.760. The maximum Gasteiger partial charge on any atom is 0.407 e. The number of alkyl halides is 3. The number of aliphatic hydroxyl groups excluding tert-OH is 1. The lowest BCUT2D eigenvalue weighted by Crippen LogP contribution is -2.57. The van der Waals surface area contributed by atoms with E-state index in [9.17, 15) is 23.1 Å². The first-order valence-electron chi connectivity index (χ1n) is 8.28. The second-order valence-corrected chi connectivity index (χ2v) is 6.86. The van der Waals surface area contributed by atoms with Crippen molar-refractivity contribution in [2.75, 3.05) is 13.1 Å². The highest BCUT2D eigenvalue weighted by molar-refractivity contribution is 5.65. The first-order chi connectivity index (χ1) is 11.7. The molecule has 2 saturated heterocycles. The highest BCUT2D eigenvalue weighted by Crippen LogP contribution is 2.51. The number of piperidine rings is 1. The SMILES string of the molecule is O=C(O)N1CCC2(CC1)NC(O)CC2C(c1ccccc1)C(F)(F)F. The fraction of sp³-hybridized carbons (Fsp3) is 0.588. The molecule has 0 aliphatic carbocycles. The highest BCUT2D eigenvalue weighted by Gasteiger charge is 2.58. The van der Waals surface area contributed by atoms with Crippen LogP contribution in [-0.2, 0) is 0 Å². The van der Waals surface area contributed by atoms with Crippen LogP contribution in [0.3, 0.4) is 0 Å². The van der Waals surface area contributed by atoms with Crippen LogP contribution >= 0.6 is 0 Å². The van der Waals surface area contributed by atoms with Crippen molar-refractivity contribution in [3.63, 3.8) is 0 Å². The molecule has 1 spiro atoms. The number of hydrogen-bond donors (Lipinski definition) is 3. The zero-order chi connectivity index (χ0) is 18.2. The van der Waals surface area contributed by atoms with E-state index >= 15 is 0 Å². The molecule has 8 heteroatoms. The first-order valence-corrected chi connectivity index (χ1v) is 8.28. The number of benzene rings is 1. The molecule has 3 atom stereocenters. The molecule has 2 aliphatic heterocycles. The minimum Gasteiger partial charge on any atom is -0.465 e. The molecule has 2 aliphatic rings. The Morgan fingerprint density at radius 1 is 1.24 bits per heavy atom. The summed E-state index contributed by atoms with van der Waals surface area (Å²) in [6.07, 6.45) is -6.04. The first kappa shape index (κ1) is 18.0. The van der Waals surface area contributed by atoms with Gasteiger partial charge >= 0.3 is 12.3 Å². The number of rotatable bonds is 2. The van der Waals surface area contributed by atoms with Gasteiger partial charge in [-0.25, -0.2) is 4.79 Å². The molecule has 3 rings (SSSR count). The summed E-state index contributed by atoms with van der Waals surface area (Å²) in [5.41, 5.74) is -0.738. The van der Waals surface area contributed by atoms with Gasteiger partial charge < -0.3 is 15.1 Å². The van der Waals surface area contributed by atoms with Gasteiger partial charge in [-0.2, -0.15) is 13.2 Å².